The molecule has 0 bridgehead atoms. The molecule has 1 aliphatic carbocycles. The van der Waals surface area contributed by atoms with Crippen molar-refractivity contribution in [3.8, 4) is 5.75 Å². The van der Waals surface area contributed by atoms with Crippen molar-refractivity contribution in [2.45, 2.75) is 52.1 Å². The smallest absolute Gasteiger partial charge is 0.134 e. The van der Waals surface area contributed by atoms with Gasteiger partial charge in [-0.3, -0.25) is 0 Å². The molecule has 0 amide bonds. The van der Waals surface area contributed by atoms with E-state index in [1.54, 1.807) is 0 Å². The summed E-state index contributed by atoms with van der Waals surface area (Å²) in [7, 11) is 0. The van der Waals surface area contributed by atoms with Crippen molar-refractivity contribution in [1.82, 2.24) is 5.32 Å². The maximum Gasteiger partial charge on any atom is 0.134 e. The summed E-state index contributed by atoms with van der Waals surface area (Å²) >= 11 is 3.36. The molecular weight excluding hydrogens is 290 g/mol. The molecule has 0 aliphatic heterocycles. The van der Waals surface area contributed by atoms with E-state index in [1.807, 2.05) is 18.2 Å². The number of benzene rings is 1. The Kier molecular flexibility index (Phi) is 4.33. The molecule has 0 aromatic heterocycles. The Morgan fingerprint density at radius 2 is 2.17 bits per heavy atom. The van der Waals surface area contributed by atoms with Gasteiger partial charge in [0.05, 0.1) is 4.47 Å². The molecule has 1 aromatic carbocycles. The second kappa shape index (κ2) is 5.62. The maximum atomic E-state index is 9.97. The molecule has 1 aromatic rings. The highest BCUT2D eigenvalue weighted by atomic mass is 79.9. The van der Waals surface area contributed by atoms with E-state index < -0.39 is 0 Å². The van der Waals surface area contributed by atoms with Gasteiger partial charge < -0.3 is 10.4 Å². The third-order valence-corrected chi connectivity index (χ3v) is 4.76. The van der Waals surface area contributed by atoms with Crippen molar-refractivity contribution in [2.75, 3.05) is 0 Å². The fourth-order valence-corrected chi connectivity index (χ4v) is 3.22. The van der Waals surface area contributed by atoms with E-state index in [9.17, 15) is 5.11 Å². The van der Waals surface area contributed by atoms with Gasteiger partial charge in [-0.1, -0.05) is 38.8 Å². The highest BCUT2D eigenvalue weighted by molar-refractivity contribution is 9.10. The summed E-state index contributed by atoms with van der Waals surface area (Å²) in [6.07, 6.45) is 5.18. The minimum Gasteiger partial charge on any atom is -0.506 e. The number of phenols is 1. The number of hydrogen-bond donors (Lipinski definition) is 2. The molecule has 1 aliphatic rings. The number of rotatable bonds is 3. The van der Waals surface area contributed by atoms with Gasteiger partial charge in [0.1, 0.15) is 5.75 Å². The van der Waals surface area contributed by atoms with Crippen LogP contribution in [0.5, 0.6) is 5.75 Å². The Morgan fingerprint density at radius 1 is 1.39 bits per heavy atom. The van der Waals surface area contributed by atoms with Crippen LogP contribution in [0.1, 0.15) is 45.1 Å². The molecule has 3 heteroatoms. The molecule has 2 rings (SSSR count). The first-order valence-electron chi connectivity index (χ1n) is 6.70. The summed E-state index contributed by atoms with van der Waals surface area (Å²) in [5, 5.41) is 13.6. The molecule has 1 saturated carbocycles. The van der Waals surface area contributed by atoms with Gasteiger partial charge in [0.25, 0.3) is 0 Å². The number of halogens is 1. The number of hydrogen-bond acceptors (Lipinski definition) is 2. The molecule has 1 atom stereocenters. The normalized spacial score (nSPS) is 22.9. The highest BCUT2D eigenvalue weighted by Crippen LogP contribution is 2.36. The number of para-hydroxylation sites is 1. The number of nitrogens with one attached hydrogen (secondary N) is 1. The van der Waals surface area contributed by atoms with E-state index in [1.165, 1.54) is 25.7 Å². The van der Waals surface area contributed by atoms with Gasteiger partial charge in [0, 0.05) is 18.2 Å². The first-order chi connectivity index (χ1) is 8.50. The van der Waals surface area contributed by atoms with Gasteiger partial charge >= 0.3 is 0 Å². The number of aromatic hydroxyl groups is 1. The SMILES string of the molecule is CC1(C)CCCCC1NCc1cccc(Br)c1O. The van der Waals surface area contributed by atoms with Crippen molar-refractivity contribution >= 4 is 15.9 Å². The molecule has 0 saturated heterocycles. The lowest BCUT2D eigenvalue weighted by molar-refractivity contribution is 0.166. The van der Waals surface area contributed by atoms with Gasteiger partial charge in [-0.15, -0.1) is 0 Å². The standard InChI is InChI=1S/C15H22BrNO/c1-15(2)9-4-3-8-13(15)17-10-11-6-5-7-12(16)14(11)18/h5-7,13,17-18H,3-4,8-10H2,1-2H3. The average molecular weight is 312 g/mol. The molecule has 0 spiro atoms. The Hall–Kier alpha value is -0.540. The maximum absolute atomic E-state index is 9.97. The summed E-state index contributed by atoms with van der Waals surface area (Å²) in [5.41, 5.74) is 1.32. The zero-order valence-electron chi connectivity index (χ0n) is 11.2. The van der Waals surface area contributed by atoms with Crippen LogP contribution in [0.3, 0.4) is 0 Å². The second-order valence-electron chi connectivity index (χ2n) is 5.92. The van der Waals surface area contributed by atoms with E-state index in [4.69, 9.17) is 0 Å². The van der Waals surface area contributed by atoms with E-state index in [0.29, 0.717) is 17.2 Å². The lowest BCUT2D eigenvalue weighted by Crippen LogP contribution is -2.43. The first kappa shape index (κ1) is 13.9. The van der Waals surface area contributed by atoms with Crippen LogP contribution in [-0.4, -0.2) is 11.1 Å². The molecule has 18 heavy (non-hydrogen) atoms. The number of phenolic OH excluding ortho intramolecular Hbond substituents is 1. The van der Waals surface area contributed by atoms with E-state index in [2.05, 4.69) is 35.1 Å². The van der Waals surface area contributed by atoms with Crippen LogP contribution in [0.15, 0.2) is 22.7 Å². The van der Waals surface area contributed by atoms with Gasteiger partial charge in [-0.25, -0.2) is 0 Å². The quantitative estimate of drug-likeness (QED) is 0.876. The zero-order chi connectivity index (χ0) is 13.2. The van der Waals surface area contributed by atoms with E-state index >= 15 is 0 Å². The third kappa shape index (κ3) is 3.07. The Labute approximate surface area is 118 Å². The minimum absolute atomic E-state index is 0.360. The molecular formula is C15H22BrNO. The van der Waals surface area contributed by atoms with Gasteiger partial charge in [0.15, 0.2) is 0 Å². The van der Waals surface area contributed by atoms with Crippen molar-refractivity contribution in [3.05, 3.63) is 28.2 Å². The van der Waals surface area contributed by atoms with Crippen LogP contribution in [0.2, 0.25) is 0 Å². The first-order valence-corrected chi connectivity index (χ1v) is 7.50. The van der Waals surface area contributed by atoms with Crippen molar-refractivity contribution in [1.29, 1.82) is 0 Å². The van der Waals surface area contributed by atoms with E-state index in [-0.39, 0.29) is 0 Å². The van der Waals surface area contributed by atoms with E-state index in [0.717, 1.165) is 16.6 Å². The van der Waals surface area contributed by atoms with Crippen LogP contribution >= 0.6 is 15.9 Å². The molecule has 1 fully saturated rings. The third-order valence-electron chi connectivity index (χ3n) is 4.12. The van der Waals surface area contributed by atoms with Crippen LogP contribution in [0.25, 0.3) is 0 Å². The summed E-state index contributed by atoms with van der Waals surface area (Å²) in [6, 6.07) is 6.35. The highest BCUT2D eigenvalue weighted by Gasteiger charge is 2.31. The minimum atomic E-state index is 0.360. The average Bonchev–Trinajstić information content (AvgIpc) is 2.32. The van der Waals surface area contributed by atoms with Crippen molar-refractivity contribution < 1.29 is 5.11 Å². The lowest BCUT2D eigenvalue weighted by atomic mass is 9.73. The molecule has 1 unspecified atom stereocenters. The fraction of sp³-hybridized carbons (Fsp3) is 0.600. The summed E-state index contributed by atoms with van der Waals surface area (Å²) < 4.78 is 0.768. The van der Waals surface area contributed by atoms with Gasteiger partial charge in [0.2, 0.25) is 0 Å². The van der Waals surface area contributed by atoms with Crippen molar-refractivity contribution in [3.63, 3.8) is 0 Å². The molecule has 0 radical (unpaired) electrons. The predicted molar refractivity (Wildman–Crippen MR) is 78.7 cm³/mol. The van der Waals surface area contributed by atoms with Crippen LogP contribution < -0.4 is 5.32 Å². The predicted octanol–water partition coefficient (Wildman–Crippen LogP) is 4.21. The van der Waals surface area contributed by atoms with Gasteiger partial charge in [-0.05, 0) is 40.3 Å². The monoisotopic (exact) mass is 311 g/mol. The Bertz CT molecular complexity index is 417. The molecule has 0 heterocycles. The molecule has 2 N–H and O–H groups in total. The van der Waals surface area contributed by atoms with Crippen LogP contribution in [0, 0.1) is 5.41 Å². The summed E-state index contributed by atoms with van der Waals surface area (Å²) in [6.45, 7) is 5.41. The van der Waals surface area contributed by atoms with Crippen LogP contribution in [0.4, 0.5) is 0 Å². The second-order valence-corrected chi connectivity index (χ2v) is 6.77. The topological polar surface area (TPSA) is 32.3 Å². The lowest BCUT2D eigenvalue weighted by Gasteiger charge is -2.39. The van der Waals surface area contributed by atoms with Crippen molar-refractivity contribution in [2.24, 2.45) is 5.41 Å². The summed E-state index contributed by atoms with van der Waals surface area (Å²) in [5.74, 6) is 0.360. The van der Waals surface area contributed by atoms with Gasteiger partial charge in [-0.2, -0.15) is 0 Å². The fourth-order valence-electron chi connectivity index (χ4n) is 2.81. The Balaban J connectivity index is 2.00. The largest absolute Gasteiger partial charge is 0.506 e. The van der Waals surface area contributed by atoms with Crippen LogP contribution in [-0.2, 0) is 6.54 Å². The summed E-state index contributed by atoms with van der Waals surface area (Å²) in [4.78, 5) is 0. The zero-order valence-corrected chi connectivity index (χ0v) is 12.8. The molecule has 2 nitrogen and oxygen atoms in total. The Morgan fingerprint density at radius 3 is 2.89 bits per heavy atom. The molecule has 100 valence electrons.